The van der Waals surface area contributed by atoms with Gasteiger partial charge in [-0.25, -0.2) is 4.79 Å². The number of esters is 1. The van der Waals surface area contributed by atoms with Crippen LogP contribution >= 0.6 is 0 Å². The zero-order valence-corrected chi connectivity index (χ0v) is 6.93. The van der Waals surface area contributed by atoms with Gasteiger partial charge in [0.1, 0.15) is 0 Å². The van der Waals surface area contributed by atoms with Crippen LogP contribution in [0.1, 0.15) is 6.92 Å². The third kappa shape index (κ3) is 1.98. The fraction of sp³-hybridized carbons (Fsp3) is 0.429. The second-order valence-corrected chi connectivity index (χ2v) is 2.18. The molecular weight excluding hydrogens is 160 g/mol. The molecule has 1 rings (SSSR count). The Morgan fingerprint density at radius 1 is 1.67 bits per heavy atom. The first kappa shape index (κ1) is 8.58. The van der Waals surface area contributed by atoms with Gasteiger partial charge in [0.25, 0.3) is 0 Å². The van der Waals surface area contributed by atoms with E-state index in [0.717, 1.165) is 0 Å². The van der Waals surface area contributed by atoms with Crippen LogP contribution in [0.3, 0.4) is 0 Å². The predicted molar refractivity (Wildman–Crippen MR) is 40.3 cm³/mol. The molecule has 1 aromatic rings. The van der Waals surface area contributed by atoms with Gasteiger partial charge in [0, 0.05) is 0 Å². The van der Waals surface area contributed by atoms with E-state index in [0.29, 0.717) is 0 Å². The molecule has 0 N–H and O–H groups in total. The van der Waals surface area contributed by atoms with Gasteiger partial charge in [0.2, 0.25) is 6.10 Å². The van der Waals surface area contributed by atoms with Gasteiger partial charge in [-0.15, -0.1) is 9.94 Å². The van der Waals surface area contributed by atoms with Crippen molar-refractivity contribution >= 4 is 5.97 Å². The Labute approximate surface area is 69.8 Å². The lowest BCUT2D eigenvalue weighted by molar-refractivity contribution is -0.154. The maximum atomic E-state index is 10.8. The van der Waals surface area contributed by atoms with Crippen molar-refractivity contribution in [1.29, 1.82) is 0 Å². The van der Waals surface area contributed by atoms with E-state index >= 15 is 0 Å². The average Bonchev–Trinajstić information content (AvgIpc) is 2.55. The van der Waals surface area contributed by atoms with Gasteiger partial charge in [-0.3, -0.25) is 0 Å². The van der Waals surface area contributed by atoms with Gasteiger partial charge < -0.3 is 9.57 Å². The zero-order valence-electron chi connectivity index (χ0n) is 6.93. The molecule has 0 saturated carbocycles. The highest BCUT2D eigenvalue weighted by atomic mass is 16.7. The van der Waals surface area contributed by atoms with Crippen LogP contribution in [0.5, 0.6) is 0 Å². The molecule has 0 aliphatic rings. The van der Waals surface area contributed by atoms with Crippen molar-refractivity contribution < 1.29 is 14.4 Å². The van der Waals surface area contributed by atoms with Crippen molar-refractivity contribution in [3.63, 3.8) is 0 Å². The summed E-state index contributed by atoms with van der Waals surface area (Å²) in [5.41, 5.74) is 0. The third-order valence-corrected chi connectivity index (χ3v) is 1.28. The van der Waals surface area contributed by atoms with Crippen molar-refractivity contribution in [3.05, 3.63) is 18.5 Å². The molecule has 0 radical (unpaired) electrons. The van der Waals surface area contributed by atoms with E-state index in [9.17, 15) is 4.79 Å². The van der Waals surface area contributed by atoms with E-state index in [1.165, 1.54) is 12.0 Å². The topological polar surface area (TPSA) is 53.4 Å². The molecule has 0 fully saturated rings. The lowest BCUT2D eigenvalue weighted by Crippen LogP contribution is -2.31. The lowest BCUT2D eigenvalue weighted by Gasteiger charge is -2.10. The molecule has 12 heavy (non-hydrogen) atoms. The standard InChI is InChI=1S/C7H10N2O3/c1-6(7(10)11-2)12-9-5-3-4-8-9/h3-6H,1-2H3. The molecule has 0 aromatic carbocycles. The van der Waals surface area contributed by atoms with Crippen LogP contribution in [0, 0.1) is 0 Å². The highest BCUT2D eigenvalue weighted by molar-refractivity contribution is 5.73. The number of carbonyl (C=O) groups is 1. The molecular formula is C7H10N2O3. The Bertz CT molecular complexity index is 245. The first-order valence-corrected chi connectivity index (χ1v) is 3.48. The predicted octanol–water partition coefficient (Wildman–Crippen LogP) is -0.127. The molecule has 5 heteroatoms. The molecule has 1 atom stereocenters. The summed E-state index contributed by atoms with van der Waals surface area (Å²) >= 11 is 0. The first-order chi connectivity index (χ1) is 5.74. The minimum atomic E-state index is -0.644. The molecule has 0 aliphatic carbocycles. The Morgan fingerprint density at radius 3 is 2.92 bits per heavy atom. The largest absolute Gasteiger partial charge is 0.466 e. The van der Waals surface area contributed by atoms with Gasteiger partial charge in [-0.05, 0) is 13.0 Å². The van der Waals surface area contributed by atoms with E-state index in [1.807, 2.05) is 0 Å². The Balaban J connectivity index is 2.47. The molecule has 1 heterocycles. The summed E-state index contributed by atoms with van der Waals surface area (Å²) in [6, 6.07) is 1.70. The summed E-state index contributed by atoms with van der Waals surface area (Å²) in [4.78, 5) is 17.1. The summed E-state index contributed by atoms with van der Waals surface area (Å²) in [5, 5.41) is 3.76. The summed E-state index contributed by atoms with van der Waals surface area (Å²) in [5.74, 6) is -0.425. The van der Waals surface area contributed by atoms with E-state index < -0.39 is 12.1 Å². The quantitative estimate of drug-likeness (QED) is 0.593. The second kappa shape index (κ2) is 3.75. The summed E-state index contributed by atoms with van der Waals surface area (Å²) in [6.45, 7) is 1.59. The van der Waals surface area contributed by atoms with Crippen molar-refractivity contribution in [3.8, 4) is 0 Å². The molecule has 66 valence electrons. The van der Waals surface area contributed by atoms with Gasteiger partial charge in [-0.1, -0.05) is 0 Å². The number of methoxy groups -OCH3 is 1. The van der Waals surface area contributed by atoms with Crippen LogP contribution in [-0.2, 0) is 9.53 Å². The number of hydrogen-bond donors (Lipinski definition) is 0. The summed E-state index contributed by atoms with van der Waals surface area (Å²) < 4.78 is 4.46. The fourth-order valence-corrected chi connectivity index (χ4v) is 0.688. The number of ether oxygens (including phenoxy) is 1. The van der Waals surface area contributed by atoms with Crippen molar-refractivity contribution in [1.82, 2.24) is 9.94 Å². The Kier molecular flexibility index (Phi) is 2.68. The van der Waals surface area contributed by atoms with Crippen LogP contribution < -0.4 is 4.84 Å². The van der Waals surface area contributed by atoms with Gasteiger partial charge in [-0.2, -0.15) is 0 Å². The number of aromatic nitrogens is 2. The molecule has 5 nitrogen and oxygen atoms in total. The zero-order chi connectivity index (χ0) is 8.97. The van der Waals surface area contributed by atoms with Gasteiger partial charge in [0.05, 0.1) is 19.5 Å². The molecule has 0 amide bonds. The maximum Gasteiger partial charge on any atom is 0.349 e. The minimum absolute atomic E-state index is 0.425. The molecule has 0 bridgehead atoms. The molecule has 0 saturated heterocycles. The fourth-order valence-electron chi connectivity index (χ4n) is 0.688. The Morgan fingerprint density at radius 2 is 2.42 bits per heavy atom. The average molecular weight is 170 g/mol. The van der Waals surface area contributed by atoms with Crippen LogP contribution in [0.15, 0.2) is 18.5 Å². The number of rotatable bonds is 3. The maximum absolute atomic E-state index is 10.8. The van der Waals surface area contributed by atoms with Gasteiger partial charge >= 0.3 is 5.97 Å². The van der Waals surface area contributed by atoms with Crippen molar-refractivity contribution in [2.75, 3.05) is 7.11 Å². The summed E-state index contributed by atoms with van der Waals surface area (Å²) in [6.07, 6.45) is 2.51. The molecule has 0 aliphatic heterocycles. The Hall–Kier alpha value is -1.52. The smallest absolute Gasteiger partial charge is 0.349 e. The van der Waals surface area contributed by atoms with E-state index in [1.54, 1.807) is 25.4 Å². The lowest BCUT2D eigenvalue weighted by atomic mass is 10.4. The second-order valence-electron chi connectivity index (χ2n) is 2.18. The molecule has 0 spiro atoms. The normalized spacial score (nSPS) is 12.2. The minimum Gasteiger partial charge on any atom is -0.466 e. The van der Waals surface area contributed by atoms with Crippen LogP contribution in [-0.4, -0.2) is 29.1 Å². The van der Waals surface area contributed by atoms with Crippen molar-refractivity contribution in [2.24, 2.45) is 0 Å². The molecule has 1 aromatic heterocycles. The van der Waals surface area contributed by atoms with Crippen LogP contribution in [0.4, 0.5) is 0 Å². The van der Waals surface area contributed by atoms with E-state index in [2.05, 4.69) is 9.84 Å². The summed E-state index contributed by atoms with van der Waals surface area (Å²) in [7, 11) is 1.31. The SMILES string of the molecule is COC(=O)C(C)On1cccn1. The number of carbonyl (C=O) groups excluding carboxylic acids is 1. The number of nitrogens with zero attached hydrogens (tertiary/aromatic N) is 2. The van der Waals surface area contributed by atoms with Crippen molar-refractivity contribution in [2.45, 2.75) is 13.0 Å². The van der Waals surface area contributed by atoms with E-state index in [4.69, 9.17) is 4.84 Å². The highest BCUT2D eigenvalue weighted by Gasteiger charge is 2.14. The first-order valence-electron chi connectivity index (χ1n) is 3.48. The van der Waals surface area contributed by atoms with Gasteiger partial charge in [0.15, 0.2) is 0 Å². The van der Waals surface area contributed by atoms with Crippen LogP contribution in [0.25, 0.3) is 0 Å². The molecule has 1 unspecified atom stereocenters. The number of hydrogen-bond acceptors (Lipinski definition) is 4. The van der Waals surface area contributed by atoms with Crippen LogP contribution in [0.2, 0.25) is 0 Å². The third-order valence-electron chi connectivity index (χ3n) is 1.28. The highest BCUT2D eigenvalue weighted by Crippen LogP contribution is 1.89. The monoisotopic (exact) mass is 170 g/mol. The van der Waals surface area contributed by atoms with E-state index in [-0.39, 0.29) is 0 Å².